The third kappa shape index (κ3) is 11.7. The van der Waals surface area contributed by atoms with E-state index in [2.05, 4.69) is 20.5 Å². The molecule has 4 N–H and O–H groups in total. The zero-order chi connectivity index (χ0) is 47.6. The number of hydrogen-bond donors (Lipinski definition) is 4. The molecule has 2 fully saturated rings. The standard InChI is InChI=1S/C48H56F2N8O10/c49-34-24-32(25-35(50)28-34)29-56(31-59)46-43(60)8-10-57(46)36-4-5-39-33(26-36)27-41(52-39)48(64)55-13-11-54(12-14-55)15-17-66-19-21-68-23-22-67-20-18-65-16-9-51-40-3-1-2-37-38(40)30-58(47(37)63)42-6-7-44(61)53-45(42)62/h1-5,24-28,31,42-43,51,60H,6-23,29-30H2,(H-,52,53,61,62,64)/p+1. The maximum absolute atomic E-state index is 13.9. The van der Waals surface area contributed by atoms with Gasteiger partial charge in [0.1, 0.15) is 35.6 Å². The molecular weight excluding hydrogens is 887 g/mol. The molecule has 1 aromatic heterocycles. The third-order valence-corrected chi connectivity index (χ3v) is 12.5. The predicted molar refractivity (Wildman–Crippen MR) is 243 cm³/mol. The van der Waals surface area contributed by atoms with E-state index in [4.69, 9.17) is 18.9 Å². The van der Waals surface area contributed by atoms with Gasteiger partial charge in [-0.15, -0.1) is 0 Å². The number of carbonyl (C=O) groups excluding carboxylic acids is 5. The highest BCUT2D eigenvalue weighted by Gasteiger charge is 2.40. The number of aromatic nitrogens is 1. The molecule has 68 heavy (non-hydrogen) atoms. The third-order valence-electron chi connectivity index (χ3n) is 12.5. The number of aromatic amines is 1. The van der Waals surface area contributed by atoms with Gasteiger partial charge in [-0.05, 0) is 60.5 Å². The summed E-state index contributed by atoms with van der Waals surface area (Å²) in [5.41, 5.74) is 4.37. The first kappa shape index (κ1) is 48.3. The van der Waals surface area contributed by atoms with E-state index in [1.165, 1.54) is 9.80 Å². The first-order valence-corrected chi connectivity index (χ1v) is 23.0. The van der Waals surface area contributed by atoms with Crippen molar-refractivity contribution in [3.8, 4) is 0 Å². The second-order valence-corrected chi connectivity index (χ2v) is 17.0. The van der Waals surface area contributed by atoms with E-state index in [-0.39, 0.29) is 36.3 Å². The lowest BCUT2D eigenvalue weighted by Crippen LogP contribution is -2.52. The molecule has 0 radical (unpaired) electrons. The number of nitrogens with one attached hydrogen (secondary N) is 3. The predicted octanol–water partition coefficient (Wildman–Crippen LogP) is 2.61. The number of anilines is 1. The number of amides is 5. The summed E-state index contributed by atoms with van der Waals surface area (Å²) in [5, 5.41) is 17.3. The monoisotopic (exact) mass is 943 g/mol. The number of H-pyrrole nitrogens is 1. The number of aliphatic hydroxyl groups excluding tert-OH is 1. The van der Waals surface area contributed by atoms with Crippen LogP contribution in [0.5, 0.6) is 0 Å². The van der Waals surface area contributed by atoms with E-state index in [1.807, 2.05) is 33.7 Å². The van der Waals surface area contributed by atoms with Crippen molar-refractivity contribution in [2.24, 2.45) is 0 Å². The average molecular weight is 944 g/mol. The lowest BCUT2D eigenvalue weighted by atomic mass is 10.0. The van der Waals surface area contributed by atoms with Crippen molar-refractivity contribution in [1.29, 1.82) is 0 Å². The van der Waals surface area contributed by atoms with Gasteiger partial charge in [-0.2, -0.15) is 4.90 Å². The highest BCUT2D eigenvalue weighted by Crippen LogP contribution is 2.32. The van der Waals surface area contributed by atoms with Crippen molar-refractivity contribution in [2.45, 2.75) is 44.5 Å². The Hall–Kier alpha value is -6.16. The summed E-state index contributed by atoms with van der Waals surface area (Å²) in [6.45, 7) is 7.96. The molecule has 20 heteroatoms. The van der Waals surface area contributed by atoms with Crippen LogP contribution in [-0.4, -0.2) is 181 Å². The molecule has 3 aromatic carbocycles. The van der Waals surface area contributed by atoms with Gasteiger partial charge in [-0.25, -0.2) is 13.4 Å². The zero-order valence-electron chi connectivity index (χ0n) is 37.8. The van der Waals surface area contributed by atoms with Crippen molar-refractivity contribution in [1.82, 2.24) is 29.9 Å². The van der Waals surface area contributed by atoms with Gasteiger partial charge >= 0.3 is 0 Å². The van der Waals surface area contributed by atoms with Crippen LogP contribution >= 0.6 is 0 Å². The molecule has 2 saturated heterocycles. The molecule has 0 bridgehead atoms. The van der Waals surface area contributed by atoms with E-state index in [0.717, 1.165) is 46.9 Å². The summed E-state index contributed by atoms with van der Waals surface area (Å²) in [7, 11) is 0. The topological polar surface area (TPSA) is 198 Å². The van der Waals surface area contributed by atoms with Crippen LogP contribution in [0.3, 0.4) is 0 Å². The normalized spacial score (nSPS) is 18.7. The first-order chi connectivity index (χ1) is 33.1. The summed E-state index contributed by atoms with van der Waals surface area (Å²) >= 11 is 0. The van der Waals surface area contributed by atoms with Crippen molar-refractivity contribution in [3.63, 3.8) is 0 Å². The van der Waals surface area contributed by atoms with E-state index in [1.54, 1.807) is 18.2 Å². The maximum Gasteiger partial charge on any atom is 0.297 e. The quantitative estimate of drug-likeness (QED) is 0.0390. The van der Waals surface area contributed by atoms with Crippen LogP contribution in [0.1, 0.15) is 51.2 Å². The Kier molecular flexibility index (Phi) is 16.2. The Morgan fingerprint density at radius 1 is 0.868 bits per heavy atom. The van der Waals surface area contributed by atoms with Crippen molar-refractivity contribution in [2.75, 3.05) is 104 Å². The molecule has 5 heterocycles. The van der Waals surface area contributed by atoms with E-state index >= 15 is 0 Å². The molecule has 362 valence electrons. The van der Waals surface area contributed by atoms with Gasteiger partial charge in [0.2, 0.25) is 11.8 Å². The van der Waals surface area contributed by atoms with Gasteiger partial charge in [0.25, 0.3) is 24.1 Å². The van der Waals surface area contributed by atoms with Crippen molar-refractivity contribution < 1.29 is 61.4 Å². The molecule has 0 spiro atoms. The molecule has 4 aliphatic heterocycles. The number of amidine groups is 1. The van der Waals surface area contributed by atoms with Crippen molar-refractivity contribution >= 4 is 58.2 Å². The fraction of sp³-hybridized carbons (Fsp3) is 0.458. The molecular formula is C48H57F2N8O10+. The summed E-state index contributed by atoms with van der Waals surface area (Å²) < 4.78 is 52.3. The second kappa shape index (κ2) is 22.8. The summed E-state index contributed by atoms with van der Waals surface area (Å²) in [5.74, 6) is -2.25. The number of piperidine rings is 1. The smallest absolute Gasteiger partial charge is 0.297 e. The van der Waals surface area contributed by atoms with Crippen LogP contribution in [0.25, 0.3) is 10.9 Å². The van der Waals surface area contributed by atoms with E-state index in [9.17, 15) is 37.9 Å². The van der Waals surface area contributed by atoms with Crippen LogP contribution in [0, 0.1) is 11.6 Å². The number of nitrogens with zero attached hydrogens (tertiary/aromatic N) is 5. The minimum atomic E-state index is -0.957. The summed E-state index contributed by atoms with van der Waals surface area (Å²) in [6, 6.07) is 15.2. The highest BCUT2D eigenvalue weighted by molar-refractivity contribution is 6.06. The number of fused-ring (bicyclic) bond motifs is 2. The van der Waals surface area contributed by atoms with Crippen LogP contribution in [0.4, 0.5) is 20.2 Å². The number of benzene rings is 3. The SMILES string of the molecule is O=CN(Cc1cc(F)cc(F)c1)C1=[N+](c2ccc3[nH]c(C(=O)N4CCN(CCOCCOCCOCCOCCNc5cccc6c5CN(C5CCC(=O)NC5=O)C6=O)CC4)cc3c2)CCC1O. The molecule has 5 amide bonds. The van der Waals surface area contributed by atoms with Gasteiger partial charge < -0.3 is 44.2 Å². The molecule has 2 unspecified atom stereocenters. The van der Waals surface area contributed by atoms with Gasteiger partial charge in [0.05, 0.1) is 59.4 Å². The number of rotatable bonds is 22. The van der Waals surface area contributed by atoms with E-state index in [0.29, 0.717) is 141 Å². The Bertz CT molecular complexity index is 2490. The molecule has 4 aromatic rings. The number of carbonyl (C=O) groups is 5. The molecule has 18 nitrogen and oxygen atoms in total. The molecule has 4 aliphatic rings. The number of piperazine rings is 1. The van der Waals surface area contributed by atoms with Crippen molar-refractivity contribution in [3.05, 3.63) is 94.7 Å². The number of hydrogen-bond acceptors (Lipinski definition) is 12. The summed E-state index contributed by atoms with van der Waals surface area (Å²) in [4.78, 5) is 72.8. The second-order valence-electron chi connectivity index (χ2n) is 17.0. The van der Waals surface area contributed by atoms with Gasteiger partial charge in [-0.1, -0.05) is 6.07 Å². The lowest BCUT2D eigenvalue weighted by molar-refractivity contribution is -0.436. The summed E-state index contributed by atoms with van der Waals surface area (Å²) in [6.07, 6.45) is 0.478. The number of imide groups is 1. The minimum absolute atomic E-state index is 0.103. The average Bonchev–Trinajstić information content (AvgIpc) is 4.03. The fourth-order valence-corrected chi connectivity index (χ4v) is 9.07. The molecule has 0 aliphatic carbocycles. The lowest BCUT2D eigenvalue weighted by Gasteiger charge is -2.34. The van der Waals surface area contributed by atoms with Gasteiger partial charge in [0.15, 0.2) is 6.10 Å². The molecule has 0 saturated carbocycles. The van der Waals surface area contributed by atoms with Gasteiger partial charge in [-0.3, -0.25) is 34.2 Å². The molecule has 8 rings (SSSR count). The van der Waals surface area contributed by atoms with E-state index < -0.39 is 29.7 Å². The number of ether oxygens (including phenoxy) is 4. The zero-order valence-corrected chi connectivity index (χ0v) is 37.8. The number of aliphatic hydroxyl groups is 1. The van der Waals surface area contributed by atoms with Crippen LogP contribution in [-0.2, 0) is 46.4 Å². The first-order valence-electron chi connectivity index (χ1n) is 23.0. The Morgan fingerprint density at radius 3 is 2.28 bits per heavy atom. The minimum Gasteiger partial charge on any atom is -0.382 e. The van der Waals surface area contributed by atoms with Crippen LogP contribution < -0.4 is 10.6 Å². The van der Waals surface area contributed by atoms with Crippen LogP contribution in [0.2, 0.25) is 0 Å². The Morgan fingerprint density at radius 2 is 1.57 bits per heavy atom. The fourth-order valence-electron chi connectivity index (χ4n) is 9.07. The van der Waals surface area contributed by atoms with Gasteiger partial charge in [0, 0.05) is 92.4 Å². The molecule has 2 atom stereocenters. The number of halogens is 2. The highest BCUT2D eigenvalue weighted by atomic mass is 19.1. The van der Waals surface area contributed by atoms with Crippen LogP contribution in [0.15, 0.2) is 60.7 Å². The largest absolute Gasteiger partial charge is 0.382 e. The maximum atomic E-state index is 13.9. The Balaban J connectivity index is 0.664. The Labute approximate surface area is 391 Å².